The van der Waals surface area contributed by atoms with Crippen LogP contribution in [0, 0.1) is 13.8 Å². The minimum absolute atomic E-state index is 0. The van der Waals surface area contributed by atoms with E-state index < -0.39 is 0 Å². The van der Waals surface area contributed by atoms with Gasteiger partial charge >= 0.3 is 23.9 Å². The third-order valence-electron chi connectivity index (χ3n) is 2.40. The molecule has 0 amide bonds. The van der Waals surface area contributed by atoms with Crippen LogP contribution in [0.2, 0.25) is 0 Å². The second-order valence-electron chi connectivity index (χ2n) is 4.35. The molecule has 0 aromatic heterocycles. The Hall–Kier alpha value is 2.38. The summed E-state index contributed by atoms with van der Waals surface area (Å²) in [5.41, 5.74) is 0. The van der Waals surface area contributed by atoms with Crippen LogP contribution >= 0.6 is 47.0 Å². The third-order valence-corrected chi connectivity index (χ3v) is 10.1. The monoisotopic (exact) mass is 518 g/mol. The molecule has 0 unspecified atom stereocenters. The second-order valence-corrected chi connectivity index (χ2v) is 11.1. The first-order valence-electron chi connectivity index (χ1n) is 7.33. The molecule has 1 fully saturated rings. The summed E-state index contributed by atoms with van der Waals surface area (Å²) in [5, 5.41) is 0. The predicted octanol–water partition coefficient (Wildman–Crippen LogP) is 6.07. The predicted molar refractivity (Wildman–Crippen MR) is 120 cm³/mol. The van der Waals surface area contributed by atoms with Crippen molar-refractivity contribution in [1.29, 1.82) is 0 Å². The molecule has 0 aromatic rings. The Morgan fingerprint density at radius 3 is 1.59 bits per heavy atom. The van der Waals surface area contributed by atoms with Crippen LogP contribution in [0.15, 0.2) is 8.47 Å². The summed E-state index contributed by atoms with van der Waals surface area (Å²) in [6.07, 6.45) is 5.91. The Kier molecular flexibility index (Phi) is 22.0. The zero-order valence-corrected chi connectivity index (χ0v) is 21.2. The van der Waals surface area contributed by atoms with Crippen molar-refractivity contribution in [3.8, 4) is 0 Å². The normalized spacial score (nSPS) is 18.7. The van der Waals surface area contributed by atoms with Crippen molar-refractivity contribution in [3.63, 3.8) is 0 Å². The van der Waals surface area contributed by atoms with Gasteiger partial charge in [0.25, 0.3) is 0 Å². The fraction of sp³-hybridized carbons (Fsp3) is 0.733. The Morgan fingerprint density at radius 2 is 1.27 bits per heavy atom. The molecule has 2 aliphatic heterocycles. The first-order valence-corrected chi connectivity index (χ1v) is 12.0. The van der Waals surface area contributed by atoms with Crippen molar-refractivity contribution in [1.82, 2.24) is 0 Å². The summed E-state index contributed by atoms with van der Waals surface area (Å²) in [5.74, 6) is 2.60. The van der Waals surface area contributed by atoms with Gasteiger partial charge in [0.2, 0.25) is 0 Å². The van der Waals surface area contributed by atoms with E-state index in [1.165, 1.54) is 30.8 Å². The van der Waals surface area contributed by atoms with E-state index in [2.05, 4.69) is 51.2 Å². The van der Waals surface area contributed by atoms with E-state index in [0.29, 0.717) is 9.16 Å². The maximum absolute atomic E-state index is 5.17. The Balaban J connectivity index is 0. The second kappa shape index (κ2) is 18.2. The van der Waals surface area contributed by atoms with Crippen LogP contribution in [0.1, 0.15) is 46.0 Å². The number of hydrogen-bond acceptors (Lipinski definition) is 6. The molecular weight excluding hydrogens is 491 g/mol. The quantitative estimate of drug-likeness (QED) is 0.327. The molecule has 126 valence electrons. The third kappa shape index (κ3) is 12.7. The number of hydrogen-bond donors (Lipinski definition) is 0. The molecule has 1 saturated heterocycles. The molecule has 0 N–H and O–H groups in total. The molecule has 2 rings (SSSR count). The summed E-state index contributed by atoms with van der Waals surface area (Å²) in [6, 6.07) is 0. The van der Waals surface area contributed by atoms with Gasteiger partial charge in [-0.3, -0.25) is 0 Å². The van der Waals surface area contributed by atoms with E-state index in [-0.39, 0.29) is 23.9 Å². The van der Waals surface area contributed by atoms with Crippen LogP contribution in [0.5, 0.6) is 0 Å². The zero-order chi connectivity index (χ0) is 16.1. The van der Waals surface area contributed by atoms with Gasteiger partial charge in [-0.15, -0.1) is 47.0 Å². The molecule has 2 heterocycles. The van der Waals surface area contributed by atoms with E-state index >= 15 is 0 Å². The molecular formula is C15H26S6Sn. The molecule has 2 aliphatic rings. The molecule has 0 aliphatic carbocycles. The van der Waals surface area contributed by atoms with Crippen LogP contribution in [-0.4, -0.2) is 44.6 Å². The fourth-order valence-electron chi connectivity index (χ4n) is 1.11. The molecule has 7 heteroatoms. The standard InChI is InChI=1S/C7H10S6.2C4H9.Sn/c8-4-5(9)13-7(12-4)6-10-2-1-3-11-6;2*1-3-4-2;/h6-9H,1-3H2;2*1,3-4H2,2H3;/q;;;+2/p-2. The van der Waals surface area contributed by atoms with Gasteiger partial charge in [-0.25, -0.2) is 0 Å². The van der Waals surface area contributed by atoms with E-state index in [1.807, 2.05) is 0 Å². The van der Waals surface area contributed by atoms with E-state index in [1.54, 1.807) is 23.5 Å². The molecule has 0 nitrogen and oxygen atoms in total. The van der Waals surface area contributed by atoms with Gasteiger partial charge in [0.15, 0.2) is 0 Å². The van der Waals surface area contributed by atoms with Gasteiger partial charge in [0.1, 0.15) is 0 Å². The van der Waals surface area contributed by atoms with Gasteiger partial charge < -0.3 is 25.3 Å². The Labute approximate surface area is 183 Å². The average molecular weight is 517 g/mol. The summed E-state index contributed by atoms with van der Waals surface area (Å²) in [6.45, 7) is 11.4. The van der Waals surface area contributed by atoms with E-state index in [4.69, 9.17) is 25.3 Å². The first-order chi connectivity index (χ1) is 10.1. The maximum atomic E-state index is 5.17. The molecule has 0 spiro atoms. The molecule has 22 heavy (non-hydrogen) atoms. The zero-order valence-electron chi connectivity index (χ0n) is 13.5. The maximum Gasteiger partial charge on any atom is 2.00 e. The minimum atomic E-state index is 0. The van der Waals surface area contributed by atoms with Crippen molar-refractivity contribution in [2.75, 3.05) is 11.5 Å². The summed E-state index contributed by atoms with van der Waals surface area (Å²) < 4.78 is 3.16. The Bertz CT molecular complexity index is 257. The number of unbranched alkanes of at least 4 members (excludes halogenated alkanes) is 2. The van der Waals surface area contributed by atoms with Gasteiger partial charge in [-0.2, -0.15) is 8.47 Å². The molecule has 0 atom stereocenters. The summed E-state index contributed by atoms with van der Waals surface area (Å²) in [4.78, 5) is 0. The van der Waals surface area contributed by atoms with Crippen molar-refractivity contribution >= 4 is 96.2 Å². The minimum Gasteiger partial charge on any atom is -0.774 e. The van der Waals surface area contributed by atoms with Crippen LogP contribution in [0.3, 0.4) is 0 Å². The largest absolute Gasteiger partial charge is 2.00 e. The molecule has 0 bridgehead atoms. The van der Waals surface area contributed by atoms with Crippen LogP contribution in [-0.2, 0) is 25.3 Å². The SMILES string of the molecule is [CH2]CCC.[CH2]CCC.[S-]C1=C([S-])SC(C2SCCCS2)S1.[Sn+2]. The molecule has 0 aromatic carbocycles. The summed E-state index contributed by atoms with van der Waals surface area (Å²) in [7, 11) is 0. The van der Waals surface area contributed by atoms with Crippen LogP contribution in [0.4, 0.5) is 0 Å². The smallest absolute Gasteiger partial charge is 0.774 e. The van der Waals surface area contributed by atoms with Gasteiger partial charge in [-0.05, 0) is 17.9 Å². The molecule has 4 radical (unpaired) electrons. The molecule has 0 saturated carbocycles. The van der Waals surface area contributed by atoms with Crippen molar-refractivity contribution < 1.29 is 0 Å². The van der Waals surface area contributed by atoms with Crippen molar-refractivity contribution in [2.24, 2.45) is 0 Å². The summed E-state index contributed by atoms with van der Waals surface area (Å²) >= 11 is 18.1. The van der Waals surface area contributed by atoms with E-state index in [9.17, 15) is 0 Å². The number of thioether (sulfide) groups is 4. The average Bonchev–Trinajstić information content (AvgIpc) is 2.88. The topological polar surface area (TPSA) is 0 Å². The van der Waals surface area contributed by atoms with E-state index in [0.717, 1.165) is 21.3 Å². The van der Waals surface area contributed by atoms with Crippen LogP contribution < -0.4 is 0 Å². The fourth-order valence-corrected chi connectivity index (χ4v) is 8.43. The van der Waals surface area contributed by atoms with Crippen molar-refractivity contribution in [3.05, 3.63) is 22.3 Å². The van der Waals surface area contributed by atoms with Crippen molar-refractivity contribution in [2.45, 2.75) is 55.1 Å². The van der Waals surface area contributed by atoms with Crippen LogP contribution in [0.25, 0.3) is 0 Å². The first kappa shape index (κ1) is 26.6. The van der Waals surface area contributed by atoms with Gasteiger partial charge in [0, 0.05) is 0 Å². The van der Waals surface area contributed by atoms with Gasteiger partial charge in [0.05, 0.1) is 9.16 Å². The number of rotatable bonds is 3. The Morgan fingerprint density at radius 1 is 0.909 bits per heavy atom. The van der Waals surface area contributed by atoms with Gasteiger partial charge in [-0.1, -0.05) is 53.4 Å².